The molecule has 0 spiro atoms. The van der Waals surface area contributed by atoms with E-state index in [-0.39, 0.29) is 18.3 Å². The first-order chi connectivity index (χ1) is 10.2. The Kier molecular flexibility index (Phi) is 5.31. The van der Waals surface area contributed by atoms with Gasteiger partial charge in [-0.2, -0.15) is 0 Å². The van der Waals surface area contributed by atoms with Gasteiger partial charge in [-0.3, -0.25) is 4.79 Å². The van der Waals surface area contributed by atoms with E-state index in [0.29, 0.717) is 17.8 Å². The third-order valence-electron chi connectivity index (χ3n) is 2.79. The van der Waals surface area contributed by atoms with Crippen LogP contribution in [-0.2, 0) is 13.0 Å². The van der Waals surface area contributed by atoms with Crippen molar-refractivity contribution in [1.82, 2.24) is 5.32 Å². The lowest BCUT2D eigenvalue weighted by Gasteiger charge is -2.03. The van der Waals surface area contributed by atoms with Crippen molar-refractivity contribution >= 4 is 17.2 Å². The molecule has 0 unspecified atom stereocenters. The Morgan fingerprint density at radius 2 is 2.05 bits per heavy atom. The second kappa shape index (κ2) is 7.42. The second-order valence-electron chi connectivity index (χ2n) is 4.29. The standard InChI is InChI=1S/C14H13FN4OS/c15-11-3-1-10(2-4-11)7-8-17-14(20)13-6-5-12(21-13)9-18-19-16/h1-6H,7-9H2,(H,17,20). The fraction of sp³-hybridized carbons (Fsp3) is 0.214. The second-order valence-corrected chi connectivity index (χ2v) is 5.46. The van der Waals surface area contributed by atoms with Crippen LogP contribution in [0.5, 0.6) is 0 Å². The minimum absolute atomic E-state index is 0.158. The topological polar surface area (TPSA) is 77.9 Å². The molecule has 21 heavy (non-hydrogen) atoms. The zero-order valence-corrected chi connectivity index (χ0v) is 11.9. The Morgan fingerprint density at radius 1 is 1.29 bits per heavy atom. The molecule has 0 atom stereocenters. The minimum Gasteiger partial charge on any atom is -0.351 e. The number of nitrogens with zero attached hydrogens (tertiary/aromatic N) is 3. The van der Waals surface area contributed by atoms with Gasteiger partial charge in [-0.15, -0.1) is 11.3 Å². The van der Waals surface area contributed by atoms with Crippen molar-refractivity contribution in [2.24, 2.45) is 5.11 Å². The Balaban J connectivity index is 1.82. The lowest BCUT2D eigenvalue weighted by atomic mass is 10.1. The number of benzene rings is 1. The smallest absolute Gasteiger partial charge is 0.261 e. The molecule has 2 aromatic rings. The molecule has 108 valence electrons. The molecular weight excluding hydrogens is 291 g/mol. The first kappa shape index (κ1) is 15.0. The van der Waals surface area contributed by atoms with E-state index in [0.717, 1.165) is 10.4 Å². The predicted molar refractivity (Wildman–Crippen MR) is 79.6 cm³/mol. The molecule has 7 heteroatoms. The molecule has 1 N–H and O–H groups in total. The highest BCUT2D eigenvalue weighted by Gasteiger charge is 2.08. The molecule has 1 aromatic carbocycles. The highest BCUT2D eigenvalue weighted by Crippen LogP contribution is 2.17. The summed E-state index contributed by atoms with van der Waals surface area (Å²) < 4.78 is 12.8. The molecule has 0 saturated carbocycles. The Labute approximate surface area is 125 Å². The van der Waals surface area contributed by atoms with Crippen LogP contribution in [0, 0.1) is 5.82 Å². The van der Waals surface area contributed by atoms with Gasteiger partial charge in [0.2, 0.25) is 0 Å². The fourth-order valence-electron chi connectivity index (χ4n) is 1.74. The molecule has 2 rings (SSSR count). The third-order valence-corrected chi connectivity index (χ3v) is 3.86. The summed E-state index contributed by atoms with van der Waals surface area (Å²) in [6.07, 6.45) is 0.642. The van der Waals surface area contributed by atoms with Gasteiger partial charge < -0.3 is 5.32 Å². The van der Waals surface area contributed by atoms with Gasteiger partial charge in [-0.1, -0.05) is 17.2 Å². The van der Waals surface area contributed by atoms with E-state index in [9.17, 15) is 9.18 Å². The van der Waals surface area contributed by atoms with Crippen molar-refractivity contribution in [1.29, 1.82) is 0 Å². The molecular formula is C14H13FN4OS. The van der Waals surface area contributed by atoms with Crippen LogP contribution in [0.3, 0.4) is 0 Å². The number of carbonyl (C=O) groups is 1. The Hall–Kier alpha value is -2.37. The minimum atomic E-state index is -0.270. The van der Waals surface area contributed by atoms with Crippen LogP contribution >= 0.6 is 11.3 Å². The van der Waals surface area contributed by atoms with E-state index in [1.807, 2.05) is 0 Å². The number of thiophene rings is 1. The summed E-state index contributed by atoms with van der Waals surface area (Å²) in [5.74, 6) is -0.428. The van der Waals surface area contributed by atoms with Gasteiger partial charge in [0, 0.05) is 16.3 Å². The van der Waals surface area contributed by atoms with Gasteiger partial charge in [0.05, 0.1) is 11.4 Å². The van der Waals surface area contributed by atoms with Crippen molar-refractivity contribution in [3.63, 3.8) is 0 Å². The lowest BCUT2D eigenvalue weighted by Crippen LogP contribution is -2.24. The van der Waals surface area contributed by atoms with Gasteiger partial charge in [0.25, 0.3) is 5.91 Å². The maximum atomic E-state index is 12.8. The molecule has 0 aliphatic heterocycles. The molecule has 0 bridgehead atoms. The summed E-state index contributed by atoms with van der Waals surface area (Å²) in [7, 11) is 0. The lowest BCUT2D eigenvalue weighted by molar-refractivity contribution is 0.0958. The monoisotopic (exact) mass is 304 g/mol. The summed E-state index contributed by atoms with van der Waals surface area (Å²) in [4.78, 5) is 16.0. The van der Waals surface area contributed by atoms with E-state index in [1.54, 1.807) is 24.3 Å². The first-order valence-electron chi connectivity index (χ1n) is 6.31. The molecule has 0 aliphatic carbocycles. The summed E-state index contributed by atoms with van der Waals surface area (Å²) in [6.45, 7) is 0.734. The number of nitrogens with one attached hydrogen (secondary N) is 1. The van der Waals surface area contributed by atoms with E-state index < -0.39 is 0 Å². The summed E-state index contributed by atoms with van der Waals surface area (Å²) in [5, 5.41) is 6.26. The largest absolute Gasteiger partial charge is 0.351 e. The van der Waals surface area contributed by atoms with Crippen molar-refractivity contribution < 1.29 is 9.18 Å². The van der Waals surface area contributed by atoms with Gasteiger partial charge in [0.1, 0.15) is 5.82 Å². The Morgan fingerprint density at radius 3 is 2.76 bits per heavy atom. The number of hydrogen-bond acceptors (Lipinski definition) is 3. The van der Waals surface area contributed by atoms with E-state index >= 15 is 0 Å². The zero-order valence-electron chi connectivity index (χ0n) is 11.1. The average Bonchev–Trinajstić information content (AvgIpc) is 2.96. The van der Waals surface area contributed by atoms with Gasteiger partial charge in [-0.05, 0) is 41.8 Å². The SMILES string of the molecule is [N-]=[N+]=NCc1ccc(C(=O)NCCc2ccc(F)cc2)s1. The highest BCUT2D eigenvalue weighted by atomic mass is 32.1. The molecule has 5 nitrogen and oxygen atoms in total. The maximum Gasteiger partial charge on any atom is 0.261 e. The first-order valence-corrected chi connectivity index (χ1v) is 7.13. The highest BCUT2D eigenvalue weighted by molar-refractivity contribution is 7.14. The molecule has 1 heterocycles. The molecule has 0 radical (unpaired) electrons. The average molecular weight is 304 g/mol. The Bertz CT molecular complexity index is 662. The zero-order chi connectivity index (χ0) is 15.1. The van der Waals surface area contributed by atoms with Crippen molar-refractivity contribution in [3.8, 4) is 0 Å². The third kappa shape index (κ3) is 4.59. The number of carbonyl (C=O) groups excluding carboxylic acids is 1. The number of azide groups is 1. The van der Waals surface area contributed by atoms with Crippen molar-refractivity contribution in [2.45, 2.75) is 13.0 Å². The molecule has 1 amide bonds. The van der Waals surface area contributed by atoms with Gasteiger partial charge in [0.15, 0.2) is 0 Å². The van der Waals surface area contributed by atoms with Crippen LogP contribution < -0.4 is 5.32 Å². The normalized spacial score (nSPS) is 9.95. The molecule has 1 aromatic heterocycles. The maximum absolute atomic E-state index is 12.8. The molecule has 0 saturated heterocycles. The van der Waals surface area contributed by atoms with Crippen LogP contribution in [-0.4, -0.2) is 12.5 Å². The van der Waals surface area contributed by atoms with E-state index in [2.05, 4.69) is 15.3 Å². The van der Waals surface area contributed by atoms with E-state index in [4.69, 9.17) is 5.53 Å². The predicted octanol–water partition coefficient (Wildman–Crippen LogP) is 3.67. The molecule has 0 fully saturated rings. The number of halogens is 1. The van der Waals surface area contributed by atoms with Crippen LogP contribution in [0.2, 0.25) is 0 Å². The summed E-state index contributed by atoms with van der Waals surface area (Å²) in [6, 6.07) is 9.68. The summed E-state index contributed by atoms with van der Waals surface area (Å²) >= 11 is 1.30. The van der Waals surface area contributed by atoms with E-state index in [1.165, 1.54) is 23.5 Å². The van der Waals surface area contributed by atoms with Crippen LogP contribution in [0.25, 0.3) is 10.4 Å². The van der Waals surface area contributed by atoms with Crippen molar-refractivity contribution in [3.05, 3.63) is 68.0 Å². The van der Waals surface area contributed by atoms with Gasteiger partial charge in [-0.25, -0.2) is 4.39 Å². The van der Waals surface area contributed by atoms with Crippen LogP contribution in [0.4, 0.5) is 4.39 Å². The van der Waals surface area contributed by atoms with Crippen LogP contribution in [0.1, 0.15) is 20.1 Å². The number of hydrogen-bond donors (Lipinski definition) is 1. The quantitative estimate of drug-likeness (QED) is 0.493. The summed E-state index contributed by atoms with van der Waals surface area (Å²) in [5.41, 5.74) is 9.21. The van der Waals surface area contributed by atoms with Crippen LogP contribution in [0.15, 0.2) is 41.5 Å². The number of rotatable bonds is 6. The van der Waals surface area contributed by atoms with Gasteiger partial charge >= 0.3 is 0 Å². The number of amides is 1. The van der Waals surface area contributed by atoms with Crippen molar-refractivity contribution in [2.75, 3.05) is 6.54 Å². The fourth-order valence-corrected chi connectivity index (χ4v) is 2.59. The molecule has 0 aliphatic rings.